The van der Waals surface area contributed by atoms with Gasteiger partial charge in [0.2, 0.25) is 0 Å². The molecule has 3 nitrogen and oxygen atoms in total. The summed E-state index contributed by atoms with van der Waals surface area (Å²) in [5, 5.41) is 7.02. The number of nitrogens with two attached hydrogens (primary N) is 1. The summed E-state index contributed by atoms with van der Waals surface area (Å²) in [6, 6.07) is 7.56. The predicted octanol–water partition coefficient (Wildman–Crippen LogP) is 1.64. The minimum atomic E-state index is 0.0332. The van der Waals surface area contributed by atoms with E-state index in [1.807, 2.05) is 24.3 Å². The number of amidine groups is 1. The van der Waals surface area contributed by atoms with Crippen LogP contribution < -0.4 is 10.5 Å². The third kappa shape index (κ3) is 2.63. The lowest BCUT2D eigenvalue weighted by atomic mass is 10.2. The minimum Gasteiger partial charge on any atom is -0.496 e. The van der Waals surface area contributed by atoms with Gasteiger partial charge in [0.25, 0.3) is 0 Å². The SMILES string of the molecule is COc1ccccc1/C=C/C(=N)N. The summed E-state index contributed by atoms with van der Waals surface area (Å²) < 4.78 is 5.12. The van der Waals surface area contributed by atoms with Crippen molar-refractivity contribution in [3.05, 3.63) is 35.9 Å². The molecule has 1 rings (SSSR count). The maximum atomic E-state index is 7.02. The molecule has 68 valence electrons. The molecule has 0 saturated carbocycles. The Bertz CT molecular complexity index is 331. The number of hydrogen-bond acceptors (Lipinski definition) is 2. The lowest BCUT2D eigenvalue weighted by Gasteiger charge is -2.02. The van der Waals surface area contributed by atoms with Crippen LogP contribution in [0, 0.1) is 5.41 Å². The van der Waals surface area contributed by atoms with E-state index in [-0.39, 0.29) is 5.84 Å². The summed E-state index contributed by atoms with van der Waals surface area (Å²) in [6.45, 7) is 0. The van der Waals surface area contributed by atoms with Crippen molar-refractivity contribution in [3.63, 3.8) is 0 Å². The summed E-state index contributed by atoms with van der Waals surface area (Å²) in [7, 11) is 1.61. The maximum absolute atomic E-state index is 7.02. The van der Waals surface area contributed by atoms with E-state index < -0.39 is 0 Å². The van der Waals surface area contributed by atoms with Gasteiger partial charge >= 0.3 is 0 Å². The van der Waals surface area contributed by atoms with Crippen LogP contribution in [0.15, 0.2) is 30.3 Å². The number of benzene rings is 1. The molecule has 0 aliphatic carbocycles. The van der Waals surface area contributed by atoms with Gasteiger partial charge in [0.05, 0.1) is 7.11 Å². The van der Waals surface area contributed by atoms with Crippen LogP contribution in [0.1, 0.15) is 5.56 Å². The number of methoxy groups -OCH3 is 1. The molecule has 0 aromatic heterocycles. The normalized spacial score (nSPS) is 10.2. The molecular weight excluding hydrogens is 164 g/mol. The van der Waals surface area contributed by atoms with E-state index in [4.69, 9.17) is 15.9 Å². The maximum Gasteiger partial charge on any atom is 0.126 e. The van der Waals surface area contributed by atoms with Crippen LogP contribution in [0.2, 0.25) is 0 Å². The van der Waals surface area contributed by atoms with Crippen LogP contribution in [0.25, 0.3) is 6.08 Å². The monoisotopic (exact) mass is 176 g/mol. The Labute approximate surface area is 77.3 Å². The average Bonchev–Trinajstić information content (AvgIpc) is 2.15. The number of ether oxygens (including phenoxy) is 1. The van der Waals surface area contributed by atoms with Crippen molar-refractivity contribution >= 4 is 11.9 Å². The fourth-order valence-electron chi connectivity index (χ4n) is 0.984. The number of para-hydroxylation sites is 1. The van der Waals surface area contributed by atoms with Gasteiger partial charge in [0.15, 0.2) is 0 Å². The first-order chi connectivity index (χ1) is 6.24. The third-order valence-electron chi connectivity index (χ3n) is 1.58. The smallest absolute Gasteiger partial charge is 0.126 e. The van der Waals surface area contributed by atoms with Crippen molar-refractivity contribution in [2.45, 2.75) is 0 Å². The molecule has 0 unspecified atom stereocenters. The van der Waals surface area contributed by atoms with Gasteiger partial charge in [-0.1, -0.05) is 18.2 Å². The Balaban J connectivity index is 2.93. The molecule has 0 fully saturated rings. The Morgan fingerprint density at radius 3 is 2.77 bits per heavy atom. The lowest BCUT2D eigenvalue weighted by Crippen LogP contribution is -2.03. The van der Waals surface area contributed by atoms with E-state index in [0.717, 1.165) is 11.3 Å². The number of rotatable bonds is 3. The highest BCUT2D eigenvalue weighted by atomic mass is 16.5. The lowest BCUT2D eigenvalue weighted by molar-refractivity contribution is 0.414. The van der Waals surface area contributed by atoms with Crippen LogP contribution in [0.3, 0.4) is 0 Å². The van der Waals surface area contributed by atoms with E-state index in [1.54, 1.807) is 13.2 Å². The van der Waals surface area contributed by atoms with Crippen LogP contribution >= 0.6 is 0 Å². The second kappa shape index (κ2) is 4.30. The molecule has 0 aliphatic heterocycles. The first kappa shape index (κ1) is 9.32. The van der Waals surface area contributed by atoms with E-state index in [2.05, 4.69) is 0 Å². The standard InChI is InChI=1S/C10H12N2O/c1-13-9-5-3-2-4-8(9)6-7-10(11)12/h2-7H,1H3,(H3,11,12)/b7-6+. The van der Waals surface area contributed by atoms with Crippen molar-refractivity contribution in [2.24, 2.45) is 5.73 Å². The van der Waals surface area contributed by atoms with E-state index in [1.165, 1.54) is 6.08 Å². The van der Waals surface area contributed by atoms with Crippen LogP contribution in [0.4, 0.5) is 0 Å². The van der Waals surface area contributed by atoms with Gasteiger partial charge in [-0.25, -0.2) is 0 Å². The van der Waals surface area contributed by atoms with Gasteiger partial charge in [-0.05, 0) is 18.2 Å². The molecule has 1 aromatic carbocycles. The predicted molar refractivity (Wildman–Crippen MR) is 53.9 cm³/mol. The Morgan fingerprint density at radius 1 is 1.46 bits per heavy atom. The van der Waals surface area contributed by atoms with Gasteiger partial charge in [0.1, 0.15) is 11.6 Å². The van der Waals surface area contributed by atoms with Crippen molar-refractivity contribution in [1.29, 1.82) is 5.41 Å². The fraction of sp³-hybridized carbons (Fsp3) is 0.100. The van der Waals surface area contributed by atoms with Crippen molar-refractivity contribution < 1.29 is 4.74 Å². The van der Waals surface area contributed by atoms with Gasteiger partial charge < -0.3 is 10.5 Å². The Hall–Kier alpha value is -1.77. The molecule has 0 heterocycles. The first-order valence-corrected chi connectivity index (χ1v) is 3.89. The number of hydrogen-bond donors (Lipinski definition) is 2. The molecule has 0 bridgehead atoms. The molecule has 3 heteroatoms. The van der Waals surface area contributed by atoms with Crippen LogP contribution in [0.5, 0.6) is 5.75 Å². The third-order valence-corrected chi connectivity index (χ3v) is 1.58. The van der Waals surface area contributed by atoms with Gasteiger partial charge in [-0.3, -0.25) is 5.41 Å². The molecule has 0 aliphatic rings. The molecule has 1 aromatic rings. The highest BCUT2D eigenvalue weighted by molar-refractivity contribution is 5.92. The van der Waals surface area contributed by atoms with E-state index in [9.17, 15) is 0 Å². The molecule has 0 saturated heterocycles. The molecule has 13 heavy (non-hydrogen) atoms. The molecule has 0 atom stereocenters. The van der Waals surface area contributed by atoms with E-state index >= 15 is 0 Å². The molecule has 0 radical (unpaired) electrons. The van der Waals surface area contributed by atoms with Crippen molar-refractivity contribution in [3.8, 4) is 5.75 Å². The highest BCUT2D eigenvalue weighted by Crippen LogP contribution is 2.18. The summed E-state index contributed by atoms with van der Waals surface area (Å²) in [5.41, 5.74) is 6.10. The Kier molecular flexibility index (Phi) is 3.09. The van der Waals surface area contributed by atoms with Crippen LogP contribution in [-0.4, -0.2) is 12.9 Å². The second-order valence-electron chi connectivity index (χ2n) is 2.53. The average molecular weight is 176 g/mol. The topological polar surface area (TPSA) is 59.1 Å². The number of nitrogens with one attached hydrogen (secondary N) is 1. The first-order valence-electron chi connectivity index (χ1n) is 3.89. The Morgan fingerprint density at radius 2 is 2.15 bits per heavy atom. The van der Waals surface area contributed by atoms with Gasteiger partial charge in [0, 0.05) is 5.56 Å². The molecular formula is C10H12N2O. The zero-order valence-electron chi connectivity index (χ0n) is 7.45. The van der Waals surface area contributed by atoms with Gasteiger partial charge in [-0.2, -0.15) is 0 Å². The van der Waals surface area contributed by atoms with Crippen molar-refractivity contribution in [2.75, 3.05) is 7.11 Å². The molecule has 3 N–H and O–H groups in total. The van der Waals surface area contributed by atoms with Crippen LogP contribution in [-0.2, 0) is 0 Å². The molecule has 0 spiro atoms. The summed E-state index contributed by atoms with van der Waals surface area (Å²) in [5.74, 6) is 0.811. The molecule has 0 amide bonds. The summed E-state index contributed by atoms with van der Waals surface area (Å²) in [6.07, 6.45) is 3.28. The highest BCUT2D eigenvalue weighted by Gasteiger charge is 1.95. The summed E-state index contributed by atoms with van der Waals surface area (Å²) in [4.78, 5) is 0. The second-order valence-corrected chi connectivity index (χ2v) is 2.53. The summed E-state index contributed by atoms with van der Waals surface area (Å²) >= 11 is 0. The zero-order valence-corrected chi connectivity index (χ0v) is 7.45. The largest absolute Gasteiger partial charge is 0.496 e. The van der Waals surface area contributed by atoms with Gasteiger partial charge in [-0.15, -0.1) is 0 Å². The minimum absolute atomic E-state index is 0.0332. The van der Waals surface area contributed by atoms with E-state index in [0.29, 0.717) is 0 Å². The zero-order chi connectivity index (χ0) is 9.68. The van der Waals surface area contributed by atoms with Crippen molar-refractivity contribution in [1.82, 2.24) is 0 Å². The fourth-order valence-corrected chi connectivity index (χ4v) is 0.984. The quantitative estimate of drug-likeness (QED) is 0.543.